The number of ether oxygens (including phenoxy) is 1. The highest BCUT2D eigenvalue weighted by Gasteiger charge is 2.25. The number of benzene rings is 2. The summed E-state index contributed by atoms with van der Waals surface area (Å²) in [7, 11) is 0. The van der Waals surface area contributed by atoms with E-state index in [0.717, 1.165) is 10.0 Å². The highest BCUT2D eigenvalue weighted by atomic mass is 79.9. The molecule has 0 aromatic heterocycles. The predicted molar refractivity (Wildman–Crippen MR) is 111 cm³/mol. The van der Waals surface area contributed by atoms with Gasteiger partial charge >= 0.3 is 6.09 Å². The minimum Gasteiger partial charge on any atom is -0.444 e. The summed E-state index contributed by atoms with van der Waals surface area (Å²) in [5, 5.41) is 5.98. The van der Waals surface area contributed by atoms with Gasteiger partial charge in [-0.2, -0.15) is 0 Å². The smallest absolute Gasteiger partial charge is 0.408 e. The SMILES string of the molecule is CC(C)(C)OC(=O)NC(Cc1ccccc1Cl)C(=O)Nc1ccc(Br)cc1. The van der Waals surface area contributed by atoms with Crippen LogP contribution in [0.2, 0.25) is 5.02 Å². The molecule has 7 heteroatoms. The zero-order chi connectivity index (χ0) is 20.0. The Labute approximate surface area is 172 Å². The van der Waals surface area contributed by atoms with Gasteiger partial charge in [0, 0.05) is 21.6 Å². The van der Waals surface area contributed by atoms with Gasteiger partial charge in [-0.3, -0.25) is 4.79 Å². The Kier molecular flexibility index (Phi) is 7.27. The maximum atomic E-state index is 12.8. The van der Waals surface area contributed by atoms with Gasteiger partial charge in [0.2, 0.25) is 5.91 Å². The van der Waals surface area contributed by atoms with Crippen LogP contribution in [0.15, 0.2) is 53.0 Å². The van der Waals surface area contributed by atoms with Crippen molar-refractivity contribution in [2.24, 2.45) is 0 Å². The molecule has 27 heavy (non-hydrogen) atoms. The summed E-state index contributed by atoms with van der Waals surface area (Å²) in [4.78, 5) is 25.0. The number of hydrogen-bond acceptors (Lipinski definition) is 3. The molecule has 0 saturated heterocycles. The van der Waals surface area contributed by atoms with Crippen LogP contribution < -0.4 is 10.6 Å². The van der Waals surface area contributed by atoms with E-state index in [-0.39, 0.29) is 12.3 Å². The first-order valence-electron chi connectivity index (χ1n) is 8.43. The Balaban J connectivity index is 2.17. The second kappa shape index (κ2) is 9.24. The number of rotatable bonds is 5. The molecule has 1 atom stereocenters. The third kappa shape index (κ3) is 7.23. The Morgan fingerprint density at radius 2 is 1.74 bits per heavy atom. The Bertz CT molecular complexity index is 804. The van der Waals surface area contributed by atoms with Gasteiger partial charge in [0.25, 0.3) is 0 Å². The van der Waals surface area contributed by atoms with E-state index in [1.54, 1.807) is 39.0 Å². The maximum absolute atomic E-state index is 12.8. The first kappa shape index (κ1) is 21.3. The molecule has 2 amide bonds. The van der Waals surface area contributed by atoms with Gasteiger partial charge < -0.3 is 15.4 Å². The number of carbonyl (C=O) groups excluding carboxylic acids is 2. The van der Waals surface area contributed by atoms with Crippen LogP contribution in [0, 0.1) is 0 Å². The van der Waals surface area contributed by atoms with Crippen LogP contribution in [-0.4, -0.2) is 23.6 Å². The lowest BCUT2D eigenvalue weighted by atomic mass is 10.1. The molecule has 2 aromatic rings. The van der Waals surface area contributed by atoms with E-state index in [1.807, 2.05) is 30.3 Å². The number of halogens is 2. The molecule has 2 N–H and O–H groups in total. The molecule has 0 heterocycles. The predicted octanol–water partition coefficient (Wildman–Crippen LogP) is 5.18. The molecule has 2 rings (SSSR count). The fourth-order valence-corrected chi connectivity index (χ4v) is 2.78. The second-order valence-corrected chi connectivity index (χ2v) is 8.31. The molecule has 1 unspecified atom stereocenters. The van der Waals surface area contributed by atoms with Crippen LogP contribution >= 0.6 is 27.5 Å². The van der Waals surface area contributed by atoms with Crippen molar-refractivity contribution in [3.05, 3.63) is 63.6 Å². The van der Waals surface area contributed by atoms with Crippen LogP contribution in [0.4, 0.5) is 10.5 Å². The number of nitrogens with one attached hydrogen (secondary N) is 2. The number of anilines is 1. The van der Waals surface area contributed by atoms with Crippen LogP contribution in [0.3, 0.4) is 0 Å². The van der Waals surface area contributed by atoms with Gasteiger partial charge in [-0.25, -0.2) is 4.79 Å². The second-order valence-electron chi connectivity index (χ2n) is 6.99. The zero-order valence-corrected chi connectivity index (χ0v) is 17.7. The maximum Gasteiger partial charge on any atom is 0.408 e. The summed E-state index contributed by atoms with van der Waals surface area (Å²) in [6.45, 7) is 5.28. The lowest BCUT2D eigenvalue weighted by molar-refractivity contribution is -0.118. The molecule has 0 fully saturated rings. The first-order chi connectivity index (χ1) is 12.6. The van der Waals surface area contributed by atoms with Crippen molar-refractivity contribution in [1.82, 2.24) is 5.32 Å². The van der Waals surface area contributed by atoms with Gasteiger partial charge in [0.15, 0.2) is 0 Å². The highest BCUT2D eigenvalue weighted by molar-refractivity contribution is 9.10. The average molecular weight is 454 g/mol. The molecule has 0 saturated carbocycles. The first-order valence-corrected chi connectivity index (χ1v) is 9.60. The van der Waals surface area contributed by atoms with E-state index in [9.17, 15) is 9.59 Å². The normalized spacial score (nSPS) is 12.2. The molecule has 5 nitrogen and oxygen atoms in total. The van der Waals surface area contributed by atoms with E-state index >= 15 is 0 Å². The number of alkyl carbamates (subject to hydrolysis) is 1. The van der Waals surface area contributed by atoms with Crippen LogP contribution in [0.5, 0.6) is 0 Å². The van der Waals surface area contributed by atoms with Crippen molar-refractivity contribution in [3.8, 4) is 0 Å². The molecule has 0 aliphatic carbocycles. The fraction of sp³-hybridized carbons (Fsp3) is 0.300. The molecule has 2 aromatic carbocycles. The molecule has 0 radical (unpaired) electrons. The molecule has 0 aliphatic heterocycles. The van der Waals surface area contributed by atoms with Gasteiger partial charge in [-0.05, 0) is 56.7 Å². The fourth-order valence-electron chi connectivity index (χ4n) is 2.31. The molecule has 144 valence electrons. The van der Waals surface area contributed by atoms with Crippen molar-refractivity contribution < 1.29 is 14.3 Å². The standard InChI is InChI=1S/C20H22BrClN2O3/c1-20(2,3)27-19(26)24-17(12-13-6-4-5-7-16(13)22)18(25)23-15-10-8-14(21)9-11-15/h4-11,17H,12H2,1-3H3,(H,23,25)(H,24,26). The van der Waals surface area contributed by atoms with E-state index in [4.69, 9.17) is 16.3 Å². The number of hydrogen-bond donors (Lipinski definition) is 2. The van der Waals surface area contributed by atoms with E-state index in [0.29, 0.717) is 10.7 Å². The molecule has 0 bridgehead atoms. The number of amides is 2. The molecular formula is C20H22BrClN2O3. The summed E-state index contributed by atoms with van der Waals surface area (Å²) >= 11 is 9.57. The van der Waals surface area contributed by atoms with Crippen LogP contribution in [-0.2, 0) is 16.0 Å². The summed E-state index contributed by atoms with van der Waals surface area (Å²) in [6.07, 6.45) is -0.424. The summed E-state index contributed by atoms with van der Waals surface area (Å²) in [5.74, 6) is -0.358. The van der Waals surface area contributed by atoms with Crippen LogP contribution in [0.1, 0.15) is 26.3 Å². The third-order valence-electron chi connectivity index (χ3n) is 3.50. The Morgan fingerprint density at radius 1 is 1.11 bits per heavy atom. The minimum absolute atomic E-state index is 0.237. The van der Waals surface area contributed by atoms with E-state index in [2.05, 4.69) is 26.6 Å². The summed E-state index contributed by atoms with van der Waals surface area (Å²) in [6, 6.07) is 13.5. The number of carbonyl (C=O) groups is 2. The van der Waals surface area contributed by atoms with E-state index in [1.165, 1.54) is 0 Å². The third-order valence-corrected chi connectivity index (χ3v) is 4.40. The summed E-state index contributed by atoms with van der Waals surface area (Å²) < 4.78 is 6.19. The van der Waals surface area contributed by atoms with Crippen molar-refractivity contribution >= 4 is 45.2 Å². The summed E-state index contributed by atoms with van der Waals surface area (Å²) in [5.41, 5.74) is 0.714. The Hall–Kier alpha value is -2.05. The van der Waals surface area contributed by atoms with Gasteiger partial charge in [0.1, 0.15) is 11.6 Å². The average Bonchev–Trinajstić information content (AvgIpc) is 2.56. The van der Waals surface area contributed by atoms with Gasteiger partial charge in [0.05, 0.1) is 0 Å². The minimum atomic E-state index is -0.844. The zero-order valence-electron chi connectivity index (χ0n) is 15.4. The monoisotopic (exact) mass is 452 g/mol. The Morgan fingerprint density at radius 3 is 2.33 bits per heavy atom. The van der Waals surface area contributed by atoms with Crippen LogP contribution in [0.25, 0.3) is 0 Å². The van der Waals surface area contributed by atoms with Crippen molar-refractivity contribution in [2.45, 2.75) is 38.8 Å². The van der Waals surface area contributed by atoms with Crippen molar-refractivity contribution in [1.29, 1.82) is 0 Å². The van der Waals surface area contributed by atoms with Gasteiger partial charge in [-0.15, -0.1) is 0 Å². The quantitative estimate of drug-likeness (QED) is 0.656. The molecule has 0 spiro atoms. The molecular weight excluding hydrogens is 432 g/mol. The topological polar surface area (TPSA) is 67.4 Å². The van der Waals surface area contributed by atoms with E-state index < -0.39 is 17.7 Å². The van der Waals surface area contributed by atoms with Gasteiger partial charge in [-0.1, -0.05) is 45.7 Å². The molecule has 0 aliphatic rings. The lowest BCUT2D eigenvalue weighted by Gasteiger charge is -2.23. The largest absolute Gasteiger partial charge is 0.444 e. The highest BCUT2D eigenvalue weighted by Crippen LogP contribution is 2.19. The van der Waals surface area contributed by atoms with Crippen molar-refractivity contribution in [3.63, 3.8) is 0 Å². The lowest BCUT2D eigenvalue weighted by Crippen LogP contribution is -2.47. The van der Waals surface area contributed by atoms with Crippen molar-refractivity contribution in [2.75, 3.05) is 5.32 Å².